The number of hydrogen-bond donors (Lipinski definition) is 2. The van der Waals surface area contributed by atoms with Gasteiger partial charge in [0.05, 0.1) is 5.69 Å². The number of nitrogen functional groups attached to an aromatic ring is 1. The zero-order valence-electron chi connectivity index (χ0n) is 10.1. The van der Waals surface area contributed by atoms with Crippen LogP contribution in [0.5, 0.6) is 0 Å². The Balaban J connectivity index is 2.12. The lowest BCUT2D eigenvalue weighted by molar-refractivity contribution is 0.632. The molecule has 3 rings (SSSR count). The van der Waals surface area contributed by atoms with Crippen LogP contribution in [0.2, 0.25) is 0 Å². The van der Waals surface area contributed by atoms with Crippen molar-refractivity contribution in [2.24, 2.45) is 0 Å². The summed E-state index contributed by atoms with van der Waals surface area (Å²) in [4.78, 5) is 4.06. The van der Waals surface area contributed by atoms with Gasteiger partial charge in [-0.1, -0.05) is 12.1 Å². The largest absolute Gasteiger partial charge is 0.398 e. The van der Waals surface area contributed by atoms with Crippen molar-refractivity contribution in [1.29, 1.82) is 0 Å². The Kier molecular flexibility index (Phi) is 2.76. The number of fused-ring (bicyclic) bond motifs is 1. The molecule has 0 unspecified atom stereocenters. The minimum Gasteiger partial charge on any atom is -0.398 e. The predicted molar refractivity (Wildman–Crippen MR) is 75.8 cm³/mol. The molecule has 0 saturated carbocycles. The van der Waals surface area contributed by atoms with Gasteiger partial charge in [0.25, 0.3) is 0 Å². The van der Waals surface area contributed by atoms with Gasteiger partial charge >= 0.3 is 0 Å². The first kappa shape index (κ1) is 11.5. The van der Waals surface area contributed by atoms with Crippen molar-refractivity contribution in [3.8, 4) is 0 Å². The van der Waals surface area contributed by atoms with Crippen LogP contribution >= 0.6 is 0 Å². The molecule has 4 heteroatoms. The van der Waals surface area contributed by atoms with E-state index in [4.69, 9.17) is 5.73 Å². The Morgan fingerprint density at radius 3 is 2.63 bits per heavy atom. The molecule has 0 fully saturated rings. The maximum atomic E-state index is 13.7. The molecule has 0 amide bonds. The summed E-state index contributed by atoms with van der Waals surface area (Å²) in [5.74, 6) is -0.290. The molecule has 19 heavy (non-hydrogen) atoms. The van der Waals surface area contributed by atoms with Crippen LogP contribution in [-0.4, -0.2) is 4.98 Å². The van der Waals surface area contributed by atoms with Crippen LogP contribution in [0.4, 0.5) is 21.5 Å². The summed E-state index contributed by atoms with van der Waals surface area (Å²) in [5.41, 5.74) is 7.80. The monoisotopic (exact) mass is 253 g/mol. The van der Waals surface area contributed by atoms with E-state index in [-0.39, 0.29) is 5.82 Å². The van der Waals surface area contributed by atoms with E-state index in [1.165, 1.54) is 6.07 Å². The summed E-state index contributed by atoms with van der Waals surface area (Å²) in [6.07, 6.45) is 3.39. The lowest BCUT2D eigenvalue weighted by atomic mass is 10.1. The highest BCUT2D eigenvalue weighted by Gasteiger charge is 2.06. The van der Waals surface area contributed by atoms with Crippen molar-refractivity contribution in [2.45, 2.75) is 0 Å². The molecule has 0 aliphatic carbocycles. The molecule has 0 radical (unpaired) electrons. The van der Waals surface area contributed by atoms with Gasteiger partial charge in [0.15, 0.2) is 0 Å². The minimum atomic E-state index is -0.290. The van der Waals surface area contributed by atoms with E-state index >= 15 is 0 Å². The molecule has 3 nitrogen and oxygen atoms in total. The minimum absolute atomic E-state index is 0.290. The van der Waals surface area contributed by atoms with Crippen LogP contribution in [0.15, 0.2) is 54.9 Å². The van der Waals surface area contributed by atoms with E-state index in [9.17, 15) is 4.39 Å². The van der Waals surface area contributed by atoms with Crippen LogP contribution in [0.3, 0.4) is 0 Å². The van der Waals surface area contributed by atoms with Crippen molar-refractivity contribution in [3.63, 3.8) is 0 Å². The molecule has 3 aromatic rings. The van der Waals surface area contributed by atoms with Crippen molar-refractivity contribution >= 4 is 27.8 Å². The summed E-state index contributed by atoms with van der Waals surface area (Å²) in [7, 11) is 0. The normalized spacial score (nSPS) is 10.6. The fourth-order valence-corrected chi connectivity index (χ4v) is 2.03. The van der Waals surface area contributed by atoms with Gasteiger partial charge in [-0.2, -0.15) is 0 Å². The second kappa shape index (κ2) is 4.57. The number of nitrogens with one attached hydrogen (secondary N) is 1. The summed E-state index contributed by atoms with van der Waals surface area (Å²) in [6, 6.07) is 12.0. The van der Waals surface area contributed by atoms with E-state index in [0.717, 1.165) is 16.5 Å². The molecule has 0 spiro atoms. The molecule has 0 saturated heterocycles. The molecular weight excluding hydrogens is 241 g/mol. The highest BCUT2D eigenvalue weighted by atomic mass is 19.1. The SMILES string of the molecule is Nc1ccc(Nc2ccccc2F)c2ccncc12. The Morgan fingerprint density at radius 1 is 0.947 bits per heavy atom. The molecule has 0 atom stereocenters. The lowest BCUT2D eigenvalue weighted by Gasteiger charge is -2.11. The smallest absolute Gasteiger partial charge is 0.146 e. The maximum Gasteiger partial charge on any atom is 0.146 e. The number of nitrogens with two attached hydrogens (primary N) is 1. The number of para-hydroxylation sites is 1. The zero-order chi connectivity index (χ0) is 13.2. The van der Waals surface area contributed by atoms with E-state index < -0.39 is 0 Å². The first-order valence-electron chi connectivity index (χ1n) is 5.89. The molecule has 1 aromatic heterocycles. The molecular formula is C15H12FN3. The van der Waals surface area contributed by atoms with Crippen LogP contribution in [0, 0.1) is 5.82 Å². The maximum absolute atomic E-state index is 13.7. The van der Waals surface area contributed by atoms with Gasteiger partial charge in [-0.15, -0.1) is 0 Å². The highest BCUT2D eigenvalue weighted by Crippen LogP contribution is 2.30. The Bertz CT molecular complexity index is 740. The van der Waals surface area contributed by atoms with E-state index in [0.29, 0.717) is 11.4 Å². The Morgan fingerprint density at radius 2 is 1.79 bits per heavy atom. The van der Waals surface area contributed by atoms with Crippen LogP contribution < -0.4 is 11.1 Å². The topological polar surface area (TPSA) is 50.9 Å². The average Bonchev–Trinajstić information content (AvgIpc) is 2.44. The first-order valence-corrected chi connectivity index (χ1v) is 5.89. The summed E-state index contributed by atoms with van der Waals surface area (Å²) < 4.78 is 13.7. The van der Waals surface area contributed by atoms with Gasteiger partial charge in [-0.3, -0.25) is 4.98 Å². The van der Waals surface area contributed by atoms with Gasteiger partial charge in [-0.25, -0.2) is 4.39 Å². The number of anilines is 3. The molecule has 1 heterocycles. The number of nitrogens with zero attached hydrogens (tertiary/aromatic N) is 1. The fraction of sp³-hybridized carbons (Fsp3) is 0. The summed E-state index contributed by atoms with van der Waals surface area (Å²) >= 11 is 0. The van der Waals surface area contributed by atoms with Gasteiger partial charge in [0, 0.05) is 34.5 Å². The van der Waals surface area contributed by atoms with Gasteiger partial charge in [0.2, 0.25) is 0 Å². The van der Waals surface area contributed by atoms with Crippen LogP contribution in [0.25, 0.3) is 10.8 Å². The fourth-order valence-electron chi connectivity index (χ4n) is 2.03. The third kappa shape index (κ3) is 2.08. The number of hydrogen-bond acceptors (Lipinski definition) is 3. The second-order valence-corrected chi connectivity index (χ2v) is 4.23. The molecule has 2 aromatic carbocycles. The lowest BCUT2D eigenvalue weighted by Crippen LogP contribution is -1.96. The quantitative estimate of drug-likeness (QED) is 0.685. The molecule has 94 valence electrons. The number of aromatic nitrogens is 1. The van der Waals surface area contributed by atoms with E-state index in [1.807, 2.05) is 12.1 Å². The summed E-state index contributed by atoms with van der Waals surface area (Å²) in [5, 5.41) is 4.85. The van der Waals surface area contributed by atoms with Crippen molar-refractivity contribution in [2.75, 3.05) is 11.1 Å². The van der Waals surface area contributed by atoms with E-state index in [1.54, 1.807) is 36.7 Å². The molecule has 3 N–H and O–H groups in total. The Labute approximate surface area is 109 Å². The summed E-state index contributed by atoms with van der Waals surface area (Å²) in [6.45, 7) is 0. The molecule has 0 aliphatic heterocycles. The van der Waals surface area contributed by atoms with Crippen LogP contribution in [-0.2, 0) is 0 Å². The van der Waals surface area contributed by atoms with Crippen LogP contribution in [0.1, 0.15) is 0 Å². The van der Waals surface area contributed by atoms with Gasteiger partial charge in [-0.05, 0) is 30.3 Å². The van der Waals surface area contributed by atoms with Gasteiger partial charge in [0.1, 0.15) is 5.82 Å². The van der Waals surface area contributed by atoms with Crippen molar-refractivity contribution in [3.05, 3.63) is 60.7 Å². The third-order valence-corrected chi connectivity index (χ3v) is 3.00. The van der Waals surface area contributed by atoms with Crippen molar-refractivity contribution < 1.29 is 4.39 Å². The third-order valence-electron chi connectivity index (χ3n) is 3.00. The molecule has 0 bridgehead atoms. The average molecular weight is 253 g/mol. The van der Waals surface area contributed by atoms with Crippen molar-refractivity contribution in [1.82, 2.24) is 4.98 Å². The number of benzene rings is 2. The predicted octanol–water partition coefficient (Wildman–Crippen LogP) is 3.70. The standard InChI is InChI=1S/C15H12FN3/c16-12-3-1-2-4-15(12)19-14-6-5-13(17)11-9-18-8-7-10(11)14/h1-9,19H,17H2. The highest BCUT2D eigenvalue weighted by molar-refractivity contribution is 6.01. The first-order chi connectivity index (χ1) is 9.25. The molecule has 0 aliphatic rings. The number of pyridine rings is 1. The number of halogens is 1. The zero-order valence-corrected chi connectivity index (χ0v) is 10.1. The Hall–Kier alpha value is -2.62. The number of rotatable bonds is 2. The van der Waals surface area contributed by atoms with E-state index in [2.05, 4.69) is 10.3 Å². The van der Waals surface area contributed by atoms with Gasteiger partial charge < -0.3 is 11.1 Å². The second-order valence-electron chi connectivity index (χ2n) is 4.23.